The Labute approximate surface area is 113 Å². The van der Waals surface area contributed by atoms with Crippen LogP contribution in [0.15, 0.2) is 36.9 Å². The number of methoxy groups -OCH3 is 1. The quantitative estimate of drug-likeness (QED) is 0.737. The minimum atomic E-state index is 0.771. The molecule has 0 unspecified atom stereocenters. The van der Waals surface area contributed by atoms with Crippen molar-refractivity contribution in [2.45, 2.75) is 19.4 Å². The van der Waals surface area contributed by atoms with Gasteiger partial charge in [-0.05, 0) is 24.5 Å². The summed E-state index contributed by atoms with van der Waals surface area (Å²) >= 11 is 0. The number of aryl methyl sites for hydroxylation is 1. The lowest BCUT2D eigenvalue weighted by Gasteiger charge is -2.09. The van der Waals surface area contributed by atoms with Crippen molar-refractivity contribution in [2.75, 3.05) is 25.6 Å². The minimum Gasteiger partial charge on any atom is -0.385 e. The van der Waals surface area contributed by atoms with Crippen LogP contribution in [0.4, 0.5) is 5.95 Å². The van der Waals surface area contributed by atoms with E-state index in [1.165, 1.54) is 5.56 Å². The molecule has 1 N–H and O–H groups in total. The van der Waals surface area contributed by atoms with Gasteiger partial charge in [-0.15, -0.1) is 0 Å². The zero-order valence-electron chi connectivity index (χ0n) is 11.2. The first kappa shape index (κ1) is 13.5. The first-order valence-corrected chi connectivity index (χ1v) is 6.53. The summed E-state index contributed by atoms with van der Waals surface area (Å²) < 4.78 is 7.17. The van der Waals surface area contributed by atoms with E-state index in [4.69, 9.17) is 4.74 Å². The SMILES string of the molecule is COCCCn1ccnc1NCCc1cccnc1. The van der Waals surface area contributed by atoms with E-state index < -0.39 is 0 Å². The van der Waals surface area contributed by atoms with Crippen molar-refractivity contribution in [1.29, 1.82) is 0 Å². The number of aromatic nitrogens is 3. The molecule has 5 heteroatoms. The summed E-state index contributed by atoms with van der Waals surface area (Å²) in [6, 6.07) is 4.04. The van der Waals surface area contributed by atoms with Gasteiger partial charge in [0.15, 0.2) is 0 Å². The van der Waals surface area contributed by atoms with Crippen LogP contribution < -0.4 is 5.32 Å². The van der Waals surface area contributed by atoms with E-state index in [9.17, 15) is 0 Å². The van der Waals surface area contributed by atoms with Crippen molar-refractivity contribution in [1.82, 2.24) is 14.5 Å². The smallest absolute Gasteiger partial charge is 0.202 e. The summed E-state index contributed by atoms with van der Waals surface area (Å²) in [4.78, 5) is 8.43. The molecule has 2 heterocycles. The number of nitrogens with zero attached hydrogens (tertiary/aromatic N) is 3. The molecule has 0 aliphatic heterocycles. The Morgan fingerprint density at radius 3 is 3.11 bits per heavy atom. The van der Waals surface area contributed by atoms with Crippen LogP contribution in [0.3, 0.4) is 0 Å². The molecular weight excluding hydrogens is 240 g/mol. The molecule has 0 atom stereocenters. The molecule has 2 rings (SSSR count). The van der Waals surface area contributed by atoms with Crippen molar-refractivity contribution in [3.05, 3.63) is 42.5 Å². The molecule has 19 heavy (non-hydrogen) atoms. The van der Waals surface area contributed by atoms with Crippen LogP contribution in [-0.2, 0) is 17.7 Å². The van der Waals surface area contributed by atoms with E-state index >= 15 is 0 Å². The van der Waals surface area contributed by atoms with Gasteiger partial charge >= 0.3 is 0 Å². The summed E-state index contributed by atoms with van der Waals surface area (Å²) in [5.41, 5.74) is 1.23. The highest BCUT2D eigenvalue weighted by Crippen LogP contribution is 2.06. The summed E-state index contributed by atoms with van der Waals surface area (Å²) in [5.74, 6) is 0.917. The fourth-order valence-corrected chi connectivity index (χ4v) is 1.90. The predicted octanol–water partition coefficient (Wildman–Crippen LogP) is 1.97. The number of nitrogens with one attached hydrogen (secondary N) is 1. The molecule has 0 aliphatic carbocycles. The monoisotopic (exact) mass is 260 g/mol. The number of hydrogen-bond acceptors (Lipinski definition) is 4. The molecule has 2 aromatic rings. The van der Waals surface area contributed by atoms with Crippen molar-refractivity contribution in [3.63, 3.8) is 0 Å². The zero-order valence-corrected chi connectivity index (χ0v) is 11.2. The molecule has 0 aromatic carbocycles. The molecule has 0 saturated carbocycles. The fourth-order valence-electron chi connectivity index (χ4n) is 1.90. The average Bonchev–Trinajstić information content (AvgIpc) is 2.88. The van der Waals surface area contributed by atoms with E-state index in [2.05, 4.69) is 25.9 Å². The van der Waals surface area contributed by atoms with Gasteiger partial charge in [-0.1, -0.05) is 6.07 Å². The number of pyridine rings is 1. The standard InChI is InChI=1S/C14H20N4O/c1-19-11-3-9-18-10-8-17-14(18)16-7-5-13-4-2-6-15-12-13/h2,4,6,8,10,12H,3,5,7,9,11H2,1H3,(H,16,17). The highest BCUT2D eigenvalue weighted by molar-refractivity contribution is 5.26. The number of hydrogen-bond donors (Lipinski definition) is 1. The molecule has 0 spiro atoms. The molecule has 0 radical (unpaired) electrons. The number of imidazole rings is 1. The first-order chi connectivity index (χ1) is 9.40. The van der Waals surface area contributed by atoms with Crippen molar-refractivity contribution in [2.24, 2.45) is 0 Å². The third kappa shape index (κ3) is 4.37. The maximum atomic E-state index is 5.06. The number of anilines is 1. The van der Waals surface area contributed by atoms with E-state index in [1.807, 2.05) is 24.7 Å². The van der Waals surface area contributed by atoms with Crippen LogP contribution in [0, 0.1) is 0 Å². The molecule has 0 fully saturated rings. The summed E-state index contributed by atoms with van der Waals surface area (Å²) in [6.45, 7) is 2.54. The molecule has 0 amide bonds. The molecule has 102 valence electrons. The highest BCUT2D eigenvalue weighted by atomic mass is 16.5. The van der Waals surface area contributed by atoms with E-state index in [1.54, 1.807) is 13.3 Å². The molecule has 0 aliphatic rings. The fraction of sp³-hybridized carbons (Fsp3) is 0.429. The second-order valence-corrected chi connectivity index (χ2v) is 4.33. The van der Waals surface area contributed by atoms with Crippen LogP contribution in [0.1, 0.15) is 12.0 Å². The molecule has 0 bridgehead atoms. The number of rotatable bonds is 8. The zero-order chi connectivity index (χ0) is 13.3. The van der Waals surface area contributed by atoms with Crippen LogP contribution in [0.25, 0.3) is 0 Å². The lowest BCUT2D eigenvalue weighted by Crippen LogP contribution is -2.11. The van der Waals surface area contributed by atoms with Gasteiger partial charge in [0, 0.05) is 51.6 Å². The summed E-state index contributed by atoms with van der Waals surface area (Å²) in [5, 5.41) is 3.35. The van der Waals surface area contributed by atoms with Crippen LogP contribution >= 0.6 is 0 Å². The summed E-state index contributed by atoms with van der Waals surface area (Å²) in [7, 11) is 1.72. The van der Waals surface area contributed by atoms with Crippen molar-refractivity contribution < 1.29 is 4.74 Å². The Morgan fingerprint density at radius 2 is 2.32 bits per heavy atom. The average molecular weight is 260 g/mol. The largest absolute Gasteiger partial charge is 0.385 e. The molecular formula is C14H20N4O. The van der Waals surface area contributed by atoms with Gasteiger partial charge in [-0.25, -0.2) is 4.98 Å². The molecule has 5 nitrogen and oxygen atoms in total. The van der Waals surface area contributed by atoms with Crippen molar-refractivity contribution >= 4 is 5.95 Å². The highest BCUT2D eigenvalue weighted by Gasteiger charge is 2.01. The van der Waals surface area contributed by atoms with E-state index in [0.717, 1.165) is 38.5 Å². The van der Waals surface area contributed by atoms with Gasteiger partial charge in [0.05, 0.1) is 0 Å². The van der Waals surface area contributed by atoms with Crippen LogP contribution in [-0.4, -0.2) is 34.8 Å². The predicted molar refractivity (Wildman–Crippen MR) is 75.2 cm³/mol. The van der Waals surface area contributed by atoms with Gasteiger partial charge < -0.3 is 14.6 Å². The molecule has 2 aromatic heterocycles. The second-order valence-electron chi connectivity index (χ2n) is 4.33. The second kappa shape index (κ2) is 7.53. The maximum absolute atomic E-state index is 5.06. The van der Waals surface area contributed by atoms with E-state index in [-0.39, 0.29) is 0 Å². The Balaban J connectivity index is 1.78. The third-order valence-electron chi connectivity index (χ3n) is 2.88. The van der Waals surface area contributed by atoms with Gasteiger partial charge in [-0.2, -0.15) is 0 Å². The Hall–Kier alpha value is -1.88. The Kier molecular flexibility index (Phi) is 5.37. The Bertz CT molecular complexity index is 469. The first-order valence-electron chi connectivity index (χ1n) is 6.53. The van der Waals surface area contributed by atoms with Gasteiger partial charge in [-0.3, -0.25) is 4.98 Å². The van der Waals surface area contributed by atoms with Crippen LogP contribution in [0.5, 0.6) is 0 Å². The Morgan fingerprint density at radius 1 is 1.37 bits per heavy atom. The topological polar surface area (TPSA) is 52.0 Å². The third-order valence-corrected chi connectivity index (χ3v) is 2.88. The van der Waals surface area contributed by atoms with Gasteiger partial charge in [0.25, 0.3) is 0 Å². The number of ether oxygens (including phenoxy) is 1. The van der Waals surface area contributed by atoms with Crippen LogP contribution in [0.2, 0.25) is 0 Å². The van der Waals surface area contributed by atoms with Gasteiger partial charge in [0.2, 0.25) is 5.95 Å². The van der Waals surface area contributed by atoms with E-state index in [0.29, 0.717) is 0 Å². The summed E-state index contributed by atoms with van der Waals surface area (Å²) in [6.07, 6.45) is 9.43. The lowest BCUT2D eigenvalue weighted by molar-refractivity contribution is 0.190. The maximum Gasteiger partial charge on any atom is 0.202 e. The van der Waals surface area contributed by atoms with Gasteiger partial charge in [0.1, 0.15) is 0 Å². The van der Waals surface area contributed by atoms with Crippen molar-refractivity contribution in [3.8, 4) is 0 Å². The normalized spacial score (nSPS) is 10.6. The lowest BCUT2D eigenvalue weighted by atomic mass is 10.2. The minimum absolute atomic E-state index is 0.771. The molecule has 0 saturated heterocycles.